The van der Waals surface area contributed by atoms with E-state index < -0.39 is 0 Å². The van der Waals surface area contributed by atoms with Crippen LogP contribution in [0.2, 0.25) is 0 Å². The molecule has 0 aromatic carbocycles. The first kappa shape index (κ1) is 13.4. The summed E-state index contributed by atoms with van der Waals surface area (Å²) in [5.41, 5.74) is 3.36. The van der Waals surface area contributed by atoms with Crippen LogP contribution in [0.3, 0.4) is 0 Å². The van der Waals surface area contributed by atoms with Gasteiger partial charge in [-0.15, -0.1) is 11.8 Å². The standard InChI is InChI=1S/C15H17N3OS/c1-2-20-14-12-6-3-7-13(12)18(15(19)17-14)10-11-5-4-8-16-9-11/h4-5,8-9H,2-3,6-7,10H2,1H3. The van der Waals surface area contributed by atoms with Gasteiger partial charge in [0, 0.05) is 23.7 Å². The van der Waals surface area contributed by atoms with Gasteiger partial charge in [0.1, 0.15) is 5.03 Å². The van der Waals surface area contributed by atoms with Crippen molar-refractivity contribution in [3.8, 4) is 0 Å². The summed E-state index contributed by atoms with van der Waals surface area (Å²) < 4.78 is 1.82. The van der Waals surface area contributed by atoms with Gasteiger partial charge < -0.3 is 0 Å². The fraction of sp³-hybridized carbons (Fsp3) is 0.400. The zero-order valence-corrected chi connectivity index (χ0v) is 12.3. The summed E-state index contributed by atoms with van der Waals surface area (Å²) in [7, 11) is 0. The SMILES string of the molecule is CCSc1nc(=O)n(Cc2cccnc2)c2c1CCC2. The summed E-state index contributed by atoms with van der Waals surface area (Å²) in [5, 5.41) is 0.937. The van der Waals surface area contributed by atoms with Crippen LogP contribution in [0.25, 0.3) is 0 Å². The van der Waals surface area contributed by atoms with Crippen molar-refractivity contribution in [3.05, 3.63) is 51.8 Å². The first-order valence-corrected chi connectivity index (χ1v) is 7.92. The van der Waals surface area contributed by atoms with Crippen LogP contribution in [0.15, 0.2) is 34.3 Å². The molecule has 1 aliphatic rings. The van der Waals surface area contributed by atoms with Gasteiger partial charge in [-0.3, -0.25) is 9.55 Å². The van der Waals surface area contributed by atoms with E-state index in [1.807, 2.05) is 22.9 Å². The second-order valence-corrected chi connectivity index (χ2v) is 6.11. The Kier molecular flexibility index (Phi) is 3.87. The molecule has 0 saturated heterocycles. The van der Waals surface area contributed by atoms with E-state index in [9.17, 15) is 4.79 Å². The smallest absolute Gasteiger partial charge is 0.291 e. The molecule has 5 heteroatoms. The highest BCUT2D eigenvalue weighted by atomic mass is 32.2. The zero-order valence-electron chi connectivity index (χ0n) is 11.5. The van der Waals surface area contributed by atoms with Crippen molar-refractivity contribution in [3.63, 3.8) is 0 Å². The Bertz CT molecular complexity index is 667. The number of rotatable bonds is 4. The second-order valence-electron chi connectivity index (χ2n) is 4.86. The summed E-state index contributed by atoms with van der Waals surface area (Å²) >= 11 is 1.67. The predicted octanol–water partition coefficient (Wildman–Crippen LogP) is 2.29. The number of nitrogens with zero attached hydrogens (tertiary/aromatic N) is 3. The minimum absolute atomic E-state index is 0.134. The van der Waals surface area contributed by atoms with E-state index in [1.54, 1.807) is 18.0 Å². The van der Waals surface area contributed by atoms with Crippen molar-refractivity contribution >= 4 is 11.8 Å². The van der Waals surface area contributed by atoms with Crippen molar-refractivity contribution in [2.24, 2.45) is 0 Å². The van der Waals surface area contributed by atoms with Gasteiger partial charge in [0.15, 0.2) is 0 Å². The first-order valence-electron chi connectivity index (χ1n) is 6.94. The maximum atomic E-state index is 12.3. The Hall–Kier alpha value is -1.62. The molecule has 0 amide bonds. The molecular weight excluding hydrogens is 270 g/mol. The van der Waals surface area contributed by atoms with Gasteiger partial charge >= 0.3 is 5.69 Å². The molecule has 0 atom stereocenters. The molecular formula is C15H17N3OS. The number of thioether (sulfide) groups is 1. The first-order chi connectivity index (χ1) is 9.79. The van der Waals surface area contributed by atoms with Crippen LogP contribution >= 0.6 is 11.8 Å². The summed E-state index contributed by atoms with van der Waals surface area (Å²) in [6.45, 7) is 2.66. The zero-order chi connectivity index (χ0) is 13.9. The normalized spacial score (nSPS) is 13.4. The molecule has 0 spiro atoms. The maximum absolute atomic E-state index is 12.3. The number of pyridine rings is 1. The Balaban J connectivity index is 2.04. The minimum atomic E-state index is -0.134. The monoisotopic (exact) mass is 287 g/mol. The molecule has 104 valence electrons. The van der Waals surface area contributed by atoms with Gasteiger partial charge in [-0.05, 0) is 36.6 Å². The highest BCUT2D eigenvalue weighted by Gasteiger charge is 2.21. The van der Waals surface area contributed by atoms with Gasteiger partial charge in [0.25, 0.3) is 0 Å². The molecule has 4 nitrogen and oxygen atoms in total. The lowest BCUT2D eigenvalue weighted by molar-refractivity contribution is 0.665. The van der Waals surface area contributed by atoms with Crippen molar-refractivity contribution in [2.45, 2.75) is 37.8 Å². The van der Waals surface area contributed by atoms with Crippen LogP contribution < -0.4 is 5.69 Å². The fourth-order valence-electron chi connectivity index (χ4n) is 2.68. The van der Waals surface area contributed by atoms with Crippen molar-refractivity contribution < 1.29 is 0 Å². The molecule has 0 fully saturated rings. The van der Waals surface area contributed by atoms with Crippen molar-refractivity contribution in [1.82, 2.24) is 14.5 Å². The summed E-state index contributed by atoms with van der Waals surface area (Å²) in [6, 6.07) is 3.89. The van der Waals surface area contributed by atoms with Crippen LogP contribution in [0, 0.1) is 0 Å². The summed E-state index contributed by atoms with van der Waals surface area (Å²) in [6.07, 6.45) is 6.69. The fourth-order valence-corrected chi connectivity index (χ4v) is 3.49. The molecule has 2 aromatic heterocycles. The topological polar surface area (TPSA) is 47.8 Å². The quantitative estimate of drug-likeness (QED) is 0.639. The van der Waals surface area contributed by atoms with E-state index in [0.717, 1.165) is 35.6 Å². The molecule has 1 aliphatic carbocycles. The van der Waals surface area contributed by atoms with Crippen LogP contribution in [0.1, 0.15) is 30.2 Å². The molecule has 0 N–H and O–H groups in total. The third kappa shape index (κ3) is 2.50. The number of fused-ring (bicyclic) bond motifs is 1. The van der Waals surface area contributed by atoms with Gasteiger partial charge in [-0.25, -0.2) is 4.79 Å². The highest BCUT2D eigenvalue weighted by molar-refractivity contribution is 7.99. The molecule has 2 aromatic rings. The third-order valence-electron chi connectivity index (χ3n) is 3.55. The van der Waals surface area contributed by atoms with E-state index in [-0.39, 0.29) is 5.69 Å². The van der Waals surface area contributed by atoms with Gasteiger partial charge in [-0.1, -0.05) is 13.0 Å². The van der Waals surface area contributed by atoms with E-state index in [0.29, 0.717) is 6.54 Å². The number of aromatic nitrogens is 3. The Morgan fingerprint density at radius 1 is 1.40 bits per heavy atom. The third-order valence-corrected chi connectivity index (χ3v) is 4.45. The van der Waals surface area contributed by atoms with Crippen LogP contribution in [0.4, 0.5) is 0 Å². The van der Waals surface area contributed by atoms with Crippen molar-refractivity contribution in [2.75, 3.05) is 5.75 Å². The van der Waals surface area contributed by atoms with Crippen LogP contribution in [-0.2, 0) is 19.4 Å². The van der Waals surface area contributed by atoms with Gasteiger partial charge in [0.2, 0.25) is 0 Å². The second kappa shape index (κ2) is 5.79. The largest absolute Gasteiger partial charge is 0.349 e. The van der Waals surface area contributed by atoms with Gasteiger partial charge in [-0.2, -0.15) is 4.98 Å². The predicted molar refractivity (Wildman–Crippen MR) is 80.3 cm³/mol. The Labute approximate surface area is 122 Å². The lowest BCUT2D eigenvalue weighted by atomic mass is 10.2. The molecule has 0 saturated carbocycles. The average Bonchev–Trinajstić information content (AvgIpc) is 2.94. The highest BCUT2D eigenvalue weighted by Crippen LogP contribution is 2.29. The van der Waals surface area contributed by atoms with E-state index in [1.165, 1.54) is 11.3 Å². The molecule has 2 heterocycles. The molecule has 0 radical (unpaired) electrons. The number of hydrogen-bond donors (Lipinski definition) is 0. The molecule has 0 aliphatic heterocycles. The maximum Gasteiger partial charge on any atom is 0.349 e. The summed E-state index contributed by atoms with van der Waals surface area (Å²) in [5.74, 6) is 0.950. The molecule has 0 unspecified atom stereocenters. The van der Waals surface area contributed by atoms with E-state index in [4.69, 9.17) is 0 Å². The van der Waals surface area contributed by atoms with Crippen LogP contribution in [-0.4, -0.2) is 20.3 Å². The summed E-state index contributed by atoms with van der Waals surface area (Å²) in [4.78, 5) is 20.7. The lowest BCUT2D eigenvalue weighted by Gasteiger charge is -2.13. The van der Waals surface area contributed by atoms with E-state index >= 15 is 0 Å². The minimum Gasteiger partial charge on any atom is -0.291 e. The van der Waals surface area contributed by atoms with Crippen molar-refractivity contribution in [1.29, 1.82) is 0 Å². The Morgan fingerprint density at radius 2 is 2.30 bits per heavy atom. The molecule has 3 rings (SSSR count). The Morgan fingerprint density at radius 3 is 3.05 bits per heavy atom. The van der Waals surface area contributed by atoms with Crippen LogP contribution in [0.5, 0.6) is 0 Å². The lowest BCUT2D eigenvalue weighted by Crippen LogP contribution is -2.27. The molecule has 0 bridgehead atoms. The van der Waals surface area contributed by atoms with Gasteiger partial charge in [0.05, 0.1) is 6.54 Å². The molecule has 20 heavy (non-hydrogen) atoms. The number of hydrogen-bond acceptors (Lipinski definition) is 4. The van der Waals surface area contributed by atoms with E-state index in [2.05, 4.69) is 16.9 Å². The average molecular weight is 287 g/mol.